The highest BCUT2D eigenvalue weighted by Gasteiger charge is 2.16. The molecule has 0 radical (unpaired) electrons. The molecule has 0 atom stereocenters. The van der Waals surface area contributed by atoms with Gasteiger partial charge in [-0.15, -0.1) is 0 Å². The lowest BCUT2D eigenvalue weighted by Crippen LogP contribution is -2.13. The molecule has 0 fully saturated rings. The number of anilines is 1. The van der Waals surface area contributed by atoms with E-state index in [1.807, 2.05) is 0 Å². The number of rotatable bonds is 5. The molecular formula is C18H13BrN4O4. The van der Waals surface area contributed by atoms with Crippen molar-refractivity contribution in [2.45, 2.75) is 6.92 Å². The molecule has 0 aliphatic rings. The first-order valence-electron chi connectivity index (χ1n) is 7.75. The summed E-state index contributed by atoms with van der Waals surface area (Å²) in [6, 6.07) is 11.2. The first kappa shape index (κ1) is 18.5. The highest BCUT2D eigenvalue weighted by molar-refractivity contribution is 9.10. The number of benzene rings is 2. The van der Waals surface area contributed by atoms with Crippen LogP contribution in [0, 0.1) is 17.0 Å². The van der Waals surface area contributed by atoms with E-state index in [1.54, 1.807) is 43.6 Å². The Hall–Kier alpha value is -3.33. The largest absolute Gasteiger partial charge is 0.424 e. The zero-order chi connectivity index (χ0) is 19.4. The molecule has 1 amide bonds. The highest BCUT2D eigenvalue weighted by Crippen LogP contribution is 2.27. The number of nitro groups is 1. The topological polar surface area (TPSA) is 107 Å². The second-order valence-corrected chi connectivity index (χ2v) is 6.34. The van der Waals surface area contributed by atoms with E-state index >= 15 is 0 Å². The molecule has 0 aliphatic heterocycles. The third kappa shape index (κ3) is 4.45. The number of halogens is 1. The van der Waals surface area contributed by atoms with Crippen molar-refractivity contribution in [1.82, 2.24) is 9.97 Å². The Bertz CT molecular complexity index is 1010. The number of carbonyl (C=O) groups is 1. The summed E-state index contributed by atoms with van der Waals surface area (Å²) in [7, 11) is 0. The van der Waals surface area contributed by atoms with Gasteiger partial charge >= 0.3 is 6.01 Å². The SMILES string of the molecule is Cc1cc(Oc2ncccn2)ccc1NC(=O)c1ccc(Br)c([N+](=O)[O-])c1. The predicted molar refractivity (Wildman–Crippen MR) is 102 cm³/mol. The molecule has 0 bridgehead atoms. The van der Waals surface area contributed by atoms with Gasteiger partial charge in [0.25, 0.3) is 11.6 Å². The molecule has 9 heteroatoms. The molecule has 0 aliphatic carbocycles. The number of ether oxygens (including phenoxy) is 1. The van der Waals surface area contributed by atoms with Crippen LogP contribution in [0.15, 0.2) is 59.3 Å². The summed E-state index contributed by atoms with van der Waals surface area (Å²) in [4.78, 5) is 30.9. The van der Waals surface area contributed by atoms with Crippen molar-refractivity contribution in [2.75, 3.05) is 5.32 Å². The molecule has 0 unspecified atom stereocenters. The van der Waals surface area contributed by atoms with Gasteiger partial charge in [-0.2, -0.15) is 0 Å². The lowest BCUT2D eigenvalue weighted by atomic mass is 10.1. The number of nitrogens with one attached hydrogen (secondary N) is 1. The van der Waals surface area contributed by atoms with Gasteiger partial charge in [0.15, 0.2) is 0 Å². The number of amides is 1. The maximum absolute atomic E-state index is 12.4. The summed E-state index contributed by atoms with van der Waals surface area (Å²) in [5, 5.41) is 13.8. The molecule has 0 saturated carbocycles. The fourth-order valence-electron chi connectivity index (χ4n) is 2.27. The molecule has 27 heavy (non-hydrogen) atoms. The van der Waals surface area contributed by atoms with Crippen LogP contribution in [0.5, 0.6) is 11.8 Å². The molecule has 3 aromatic rings. The Balaban J connectivity index is 1.76. The molecule has 8 nitrogen and oxygen atoms in total. The minimum atomic E-state index is -0.552. The second kappa shape index (κ2) is 7.92. The normalized spacial score (nSPS) is 10.3. The number of nitrogens with zero attached hydrogens (tertiary/aromatic N) is 3. The van der Waals surface area contributed by atoms with Gasteiger partial charge < -0.3 is 10.1 Å². The van der Waals surface area contributed by atoms with E-state index in [1.165, 1.54) is 18.2 Å². The van der Waals surface area contributed by atoms with Crippen LogP contribution in [0.25, 0.3) is 0 Å². The lowest BCUT2D eigenvalue weighted by Gasteiger charge is -2.10. The van der Waals surface area contributed by atoms with Gasteiger partial charge in [0.1, 0.15) is 5.75 Å². The average molecular weight is 429 g/mol. The number of nitro benzene ring substituents is 1. The van der Waals surface area contributed by atoms with E-state index in [9.17, 15) is 14.9 Å². The summed E-state index contributed by atoms with van der Waals surface area (Å²) >= 11 is 3.10. The van der Waals surface area contributed by atoms with E-state index in [2.05, 4.69) is 31.2 Å². The van der Waals surface area contributed by atoms with Crippen LogP contribution in [-0.4, -0.2) is 20.8 Å². The van der Waals surface area contributed by atoms with Crippen molar-refractivity contribution in [2.24, 2.45) is 0 Å². The molecule has 0 saturated heterocycles. The Labute approximate surface area is 162 Å². The monoisotopic (exact) mass is 428 g/mol. The van der Waals surface area contributed by atoms with Crippen molar-refractivity contribution in [3.8, 4) is 11.8 Å². The van der Waals surface area contributed by atoms with Crippen molar-refractivity contribution in [1.29, 1.82) is 0 Å². The summed E-state index contributed by atoms with van der Waals surface area (Å²) in [5.74, 6) is 0.0738. The van der Waals surface area contributed by atoms with Crippen molar-refractivity contribution in [3.63, 3.8) is 0 Å². The Kier molecular flexibility index (Phi) is 5.41. The minimum Gasteiger partial charge on any atom is -0.424 e. The fourth-order valence-corrected chi connectivity index (χ4v) is 2.66. The first-order valence-corrected chi connectivity index (χ1v) is 8.54. The van der Waals surface area contributed by atoms with E-state index in [-0.39, 0.29) is 17.3 Å². The van der Waals surface area contributed by atoms with Gasteiger partial charge in [-0.1, -0.05) is 0 Å². The zero-order valence-electron chi connectivity index (χ0n) is 14.0. The number of aromatic nitrogens is 2. The number of carbonyl (C=O) groups excluding carboxylic acids is 1. The standard InChI is InChI=1S/C18H13BrN4O4/c1-11-9-13(27-18-20-7-2-8-21-18)4-6-15(11)22-17(24)12-3-5-14(19)16(10-12)23(25)26/h2-10H,1H3,(H,22,24). The summed E-state index contributed by atoms with van der Waals surface area (Å²) in [5.41, 5.74) is 1.32. The Morgan fingerprint density at radius 3 is 2.59 bits per heavy atom. The maximum Gasteiger partial charge on any atom is 0.321 e. The van der Waals surface area contributed by atoms with Crippen LogP contribution in [0.2, 0.25) is 0 Å². The number of aryl methyl sites for hydroxylation is 1. The van der Waals surface area contributed by atoms with Gasteiger partial charge in [0.05, 0.1) is 9.40 Å². The summed E-state index contributed by atoms with van der Waals surface area (Å²) in [6.07, 6.45) is 3.14. The minimum absolute atomic E-state index is 0.175. The molecule has 1 heterocycles. The second-order valence-electron chi connectivity index (χ2n) is 5.49. The predicted octanol–water partition coefficient (Wildman–Crippen LogP) is 4.50. The van der Waals surface area contributed by atoms with Crippen molar-refractivity contribution >= 4 is 33.2 Å². The third-order valence-corrected chi connectivity index (χ3v) is 4.27. The van der Waals surface area contributed by atoms with Crippen LogP contribution in [0.3, 0.4) is 0 Å². The molecule has 2 aromatic carbocycles. The van der Waals surface area contributed by atoms with Gasteiger partial charge in [-0.05, 0) is 64.8 Å². The van der Waals surface area contributed by atoms with Crippen LogP contribution in [-0.2, 0) is 0 Å². The van der Waals surface area contributed by atoms with Gasteiger partial charge in [-0.3, -0.25) is 14.9 Å². The number of hydrogen-bond donors (Lipinski definition) is 1. The highest BCUT2D eigenvalue weighted by atomic mass is 79.9. The molecule has 1 aromatic heterocycles. The first-order chi connectivity index (χ1) is 12.9. The van der Waals surface area contributed by atoms with E-state index in [4.69, 9.17) is 4.74 Å². The van der Waals surface area contributed by atoms with Gasteiger partial charge in [-0.25, -0.2) is 9.97 Å². The summed E-state index contributed by atoms with van der Waals surface area (Å²) < 4.78 is 5.85. The van der Waals surface area contributed by atoms with Crippen LogP contribution in [0.1, 0.15) is 15.9 Å². The number of hydrogen-bond acceptors (Lipinski definition) is 6. The van der Waals surface area contributed by atoms with Crippen LogP contribution < -0.4 is 10.1 Å². The smallest absolute Gasteiger partial charge is 0.321 e. The summed E-state index contributed by atoms with van der Waals surface area (Å²) in [6.45, 7) is 1.80. The van der Waals surface area contributed by atoms with E-state index in [0.29, 0.717) is 15.9 Å². The average Bonchev–Trinajstić information content (AvgIpc) is 2.65. The third-order valence-electron chi connectivity index (χ3n) is 3.60. The fraction of sp³-hybridized carbons (Fsp3) is 0.0556. The Morgan fingerprint density at radius 1 is 1.19 bits per heavy atom. The van der Waals surface area contributed by atoms with E-state index in [0.717, 1.165) is 5.56 Å². The Morgan fingerprint density at radius 2 is 1.93 bits per heavy atom. The lowest BCUT2D eigenvalue weighted by molar-refractivity contribution is -0.385. The maximum atomic E-state index is 12.4. The molecule has 136 valence electrons. The van der Waals surface area contributed by atoms with Crippen molar-refractivity contribution in [3.05, 3.63) is 80.6 Å². The van der Waals surface area contributed by atoms with Crippen LogP contribution in [0.4, 0.5) is 11.4 Å². The van der Waals surface area contributed by atoms with Crippen LogP contribution >= 0.6 is 15.9 Å². The molecule has 3 rings (SSSR count). The van der Waals surface area contributed by atoms with Gasteiger partial charge in [0, 0.05) is 29.7 Å². The molecule has 1 N–H and O–H groups in total. The quantitative estimate of drug-likeness (QED) is 0.473. The zero-order valence-corrected chi connectivity index (χ0v) is 15.6. The molecule has 0 spiro atoms. The van der Waals surface area contributed by atoms with Crippen molar-refractivity contribution < 1.29 is 14.5 Å². The van der Waals surface area contributed by atoms with Gasteiger partial charge in [0.2, 0.25) is 0 Å². The van der Waals surface area contributed by atoms with E-state index < -0.39 is 10.8 Å². The molecular weight excluding hydrogens is 416 g/mol.